The van der Waals surface area contributed by atoms with Gasteiger partial charge in [-0.25, -0.2) is 4.39 Å². The van der Waals surface area contributed by atoms with Crippen LogP contribution >= 0.6 is 0 Å². The molecule has 1 aromatic carbocycles. The highest BCUT2D eigenvalue weighted by Gasteiger charge is 2.33. The van der Waals surface area contributed by atoms with Crippen molar-refractivity contribution < 1.29 is 13.9 Å². The Morgan fingerprint density at radius 2 is 2.23 bits per heavy atom. The van der Waals surface area contributed by atoms with Crippen LogP contribution in [0.25, 0.3) is 0 Å². The summed E-state index contributed by atoms with van der Waals surface area (Å²) >= 11 is 0. The summed E-state index contributed by atoms with van der Waals surface area (Å²) in [6.45, 7) is 6.43. The molecule has 1 aliphatic rings. The van der Waals surface area contributed by atoms with Crippen molar-refractivity contribution in [2.45, 2.75) is 19.9 Å². The summed E-state index contributed by atoms with van der Waals surface area (Å²) in [6.07, 6.45) is 0. The van der Waals surface area contributed by atoms with Gasteiger partial charge in [-0.2, -0.15) is 0 Å². The molecule has 0 amide bonds. The van der Waals surface area contributed by atoms with Gasteiger partial charge in [-0.15, -0.1) is 0 Å². The first-order chi connectivity index (χ1) is 10.5. The fourth-order valence-corrected chi connectivity index (χ4v) is 2.28. The summed E-state index contributed by atoms with van der Waals surface area (Å²) in [5.74, 6) is 0.573. The molecule has 1 atom stereocenters. The number of hydrogen-bond donors (Lipinski definition) is 2. The largest absolute Gasteiger partial charge is 0.494 e. The number of rotatable bonds is 5. The molecule has 0 aliphatic carbocycles. The summed E-state index contributed by atoms with van der Waals surface area (Å²) < 4.78 is 23.9. The van der Waals surface area contributed by atoms with Crippen molar-refractivity contribution in [3.8, 4) is 5.75 Å². The first-order valence-electron chi connectivity index (χ1n) is 7.36. The lowest BCUT2D eigenvalue weighted by Gasteiger charge is -2.38. The Morgan fingerprint density at radius 1 is 1.50 bits per heavy atom. The Bertz CT molecular complexity index is 544. The monoisotopic (exact) mass is 309 g/mol. The van der Waals surface area contributed by atoms with E-state index in [0.29, 0.717) is 5.96 Å². The molecule has 1 aromatic rings. The fourth-order valence-electron chi connectivity index (χ4n) is 2.28. The van der Waals surface area contributed by atoms with Gasteiger partial charge < -0.3 is 20.1 Å². The van der Waals surface area contributed by atoms with Gasteiger partial charge in [0.25, 0.3) is 0 Å². The molecule has 22 heavy (non-hydrogen) atoms. The molecule has 5 nitrogen and oxygen atoms in total. The van der Waals surface area contributed by atoms with Crippen LogP contribution in [0.5, 0.6) is 5.75 Å². The van der Waals surface area contributed by atoms with Crippen molar-refractivity contribution in [2.24, 2.45) is 10.4 Å². The minimum atomic E-state index is -0.365. The highest BCUT2D eigenvalue weighted by atomic mass is 19.1. The van der Waals surface area contributed by atoms with Crippen molar-refractivity contribution in [3.63, 3.8) is 0 Å². The van der Waals surface area contributed by atoms with Gasteiger partial charge in [0, 0.05) is 19.0 Å². The van der Waals surface area contributed by atoms with E-state index < -0.39 is 0 Å². The van der Waals surface area contributed by atoms with E-state index in [-0.39, 0.29) is 23.0 Å². The van der Waals surface area contributed by atoms with E-state index in [4.69, 9.17) is 9.47 Å². The van der Waals surface area contributed by atoms with Crippen molar-refractivity contribution in [1.82, 2.24) is 10.6 Å². The number of hydrogen-bond acceptors (Lipinski definition) is 3. The van der Waals surface area contributed by atoms with E-state index >= 15 is 0 Å². The number of halogens is 1. The predicted octanol–water partition coefficient (Wildman–Crippen LogP) is 2.10. The number of ether oxygens (including phenoxy) is 2. The van der Waals surface area contributed by atoms with Gasteiger partial charge >= 0.3 is 0 Å². The molecule has 0 radical (unpaired) electrons. The molecule has 0 bridgehead atoms. The minimum Gasteiger partial charge on any atom is -0.494 e. The Kier molecular flexibility index (Phi) is 5.24. The molecule has 6 heteroatoms. The van der Waals surface area contributed by atoms with Crippen LogP contribution in [0.2, 0.25) is 0 Å². The molecule has 0 saturated carbocycles. The van der Waals surface area contributed by atoms with Crippen molar-refractivity contribution in [1.29, 1.82) is 0 Å². The van der Waals surface area contributed by atoms with E-state index in [2.05, 4.69) is 22.5 Å². The van der Waals surface area contributed by atoms with E-state index in [0.717, 1.165) is 25.3 Å². The van der Waals surface area contributed by atoms with E-state index in [9.17, 15) is 4.39 Å². The highest BCUT2D eigenvalue weighted by molar-refractivity contribution is 5.80. The highest BCUT2D eigenvalue weighted by Crippen LogP contribution is 2.25. The molecular formula is C16H24FN3O2. The molecule has 2 rings (SSSR count). The normalized spacial score (nSPS) is 18.3. The van der Waals surface area contributed by atoms with Crippen molar-refractivity contribution in [3.05, 3.63) is 29.6 Å². The standard InChI is InChI=1S/C16H24FN3O2/c1-11(12-5-6-14(21-4)13(17)7-12)20-15(18-3)19-8-16(2)9-22-10-16/h5-7,11H,8-10H2,1-4H3,(H2,18,19,20). The van der Waals surface area contributed by atoms with Crippen LogP contribution in [0.1, 0.15) is 25.5 Å². The van der Waals surface area contributed by atoms with Crippen LogP contribution in [-0.4, -0.2) is 39.9 Å². The third-order valence-electron chi connectivity index (χ3n) is 3.84. The zero-order valence-electron chi connectivity index (χ0n) is 13.6. The number of nitrogens with zero attached hydrogens (tertiary/aromatic N) is 1. The molecule has 1 heterocycles. The zero-order valence-corrected chi connectivity index (χ0v) is 13.6. The molecule has 1 fully saturated rings. The molecule has 0 spiro atoms. The van der Waals surface area contributed by atoms with Crippen LogP contribution in [0, 0.1) is 11.2 Å². The summed E-state index contributed by atoms with van der Waals surface area (Å²) in [4.78, 5) is 4.21. The first-order valence-corrected chi connectivity index (χ1v) is 7.36. The quantitative estimate of drug-likeness (QED) is 0.646. The molecular weight excluding hydrogens is 285 g/mol. The third kappa shape index (κ3) is 3.88. The van der Waals surface area contributed by atoms with Crippen molar-refractivity contribution in [2.75, 3.05) is 33.9 Å². The third-order valence-corrected chi connectivity index (χ3v) is 3.84. The maximum Gasteiger partial charge on any atom is 0.191 e. The van der Waals surface area contributed by atoms with Crippen LogP contribution in [0.3, 0.4) is 0 Å². The van der Waals surface area contributed by atoms with Gasteiger partial charge in [-0.05, 0) is 24.6 Å². The van der Waals surface area contributed by atoms with Gasteiger partial charge in [0.1, 0.15) is 0 Å². The second kappa shape index (κ2) is 6.96. The molecule has 1 aliphatic heterocycles. The summed E-state index contributed by atoms with van der Waals surface area (Å²) in [5.41, 5.74) is 0.993. The van der Waals surface area contributed by atoms with Crippen LogP contribution in [0.15, 0.2) is 23.2 Å². The van der Waals surface area contributed by atoms with Crippen molar-refractivity contribution >= 4 is 5.96 Å². The molecule has 0 aromatic heterocycles. The summed E-state index contributed by atoms with van der Waals surface area (Å²) in [5, 5.41) is 6.55. The Hall–Kier alpha value is -1.82. The first kappa shape index (κ1) is 16.5. The number of nitrogens with one attached hydrogen (secondary N) is 2. The van der Waals surface area contributed by atoms with Gasteiger partial charge in [0.2, 0.25) is 0 Å². The van der Waals surface area contributed by atoms with Gasteiger partial charge in [-0.1, -0.05) is 13.0 Å². The minimum absolute atomic E-state index is 0.0722. The van der Waals surface area contributed by atoms with E-state index in [1.54, 1.807) is 13.1 Å². The van der Waals surface area contributed by atoms with Crippen LogP contribution < -0.4 is 15.4 Å². The lowest BCUT2D eigenvalue weighted by molar-refractivity contribution is -0.0971. The lowest BCUT2D eigenvalue weighted by Crippen LogP contribution is -2.51. The number of guanidine groups is 1. The zero-order chi connectivity index (χ0) is 16.2. The average Bonchev–Trinajstić information content (AvgIpc) is 2.49. The Morgan fingerprint density at radius 3 is 2.73 bits per heavy atom. The molecule has 122 valence electrons. The maximum absolute atomic E-state index is 13.8. The van der Waals surface area contributed by atoms with Gasteiger partial charge in [0.15, 0.2) is 17.5 Å². The smallest absolute Gasteiger partial charge is 0.191 e. The lowest BCUT2D eigenvalue weighted by atomic mass is 9.89. The average molecular weight is 309 g/mol. The molecule has 1 saturated heterocycles. The summed E-state index contributed by atoms with van der Waals surface area (Å²) in [7, 11) is 3.17. The van der Waals surface area contributed by atoms with Crippen LogP contribution in [0.4, 0.5) is 4.39 Å². The molecule has 1 unspecified atom stereocenters. The Balaban J connectivity index is 1.94. The second-order valence-electron chi connectivity index (χ2n) is 5.99. The van der Waals surface area contributed by atoms with E-state index in [1.807, 2.05) is 13.0 Å². The second-order valence-corrected chi connectivity index (χ2v) is 5.99. The predicted molar refractivity (Wildman–Crippen MR) is 84.8 cm³/mol. The van der Waals surface area contributed by atoms with Gasteiger partial charge in [0.05, 0.1) is 26.4 Å². The topological polar surface area (TPSA) is 54.9 Å². The SMILES string of the molecule is CN=C(NCC1(C)COC1)NC(C)c1ccc(OC)c(F)c1. The number of methoxy groups -OCH3 is 1. The number of benzene rings is 1. The maximum atomic E-state index is 13.8. The Labute approximate surface area is 130 Å². The fraction of sp³-hybridized carbons (Fsp3) is 0.562. The van der Waals surface area contributed by atoms with E-state index in [1.165, 1.54) is 13.2 Å². The number of aliphatic imine (C=N–C) groups is 1. The molecule has 2 N–H and O–H groups in total. The van der Waals surface area contributed by atoms with Gasteiger partial charge in [-0.3, -0.25) is 4.99 Å². The van der Waals surface area contributed by atoms with Crippen LogP contribution in [-0.2, 0) is 4.74 Å². The summed E-state index contributed by atoms with van der Waals surface area (Å²) in [6, 6.07) is 4.88.